The number of aromatic nitrogens is 1. The van der Waals surface area contributed by atoms with E-state index in [1.807, 2.05) is 21.9 Å². The Morgan fingerprint density at radius 1 is 0.944 bits per heavy atom. The van der Waals surface area contributed by atoms with Gasteiger partial charge in [-0.05, 0) is 92.6 Å². The molecule has 188 valence electrons. The molecule has 1 fully saturated rings. The zero-order chi connectivity index (χ0) is 24.8. The van der Waals surface area contributed by atoms with Gasteiger partial charge in [0.1, 0.15) is 5.82 Å². The highest BCUT2D eigenvalue weighted by molar-refractivity contribution is 5.95. The Kier molecular flexibility index (Phi) is 6.08. The van der Waals surface area contributed by atoms with Crippen LogP contribution in [-0.4, -0.2) is 70.6 Å². The number of carbonyl (C=O) groups is 1. The van der Waals surface area contributed by atoms with Crippen molar-refractivity contribution in [3.63, 3.8) is 0 Å². The van der Waals surface area contributed by atoms with Crippen molar-refractivity contribution in [2.75, 3.05) is 39.3 Å². The normalized spacial score (nSPS) is 18.6. The van der Waals surface area contributed by atoms with Crippen LogP contribution in [0.25, 0.3) is 22.2 Å². The number of hydrogen-bond donors (Lipinski definition) is 0. The molecular weight excluding hydrogens is 451 g/mol. The lowest BCUT2D eigenvalue weighted by Crippen LogP contribution is -2.40. The third-order valence-corrected chi connectivity index (χ3v) is 8.20. The lowest BCUT2D eigenvalue weighted by atomic mass is 9.97. The summed E-state index contributed by atoms with van der Waals surface area (Å²) in [6.45, 7) is 9.43. The Bertz CT molecular complexity index is 1320. The number of amides is 2. The van der Waals surface area contributed by atoms with Gasteiger partial charge >= 0.3 is 6.03 Å². The van der Waals surface area contributed by atoms with Crippen LogP contribution in [0.4, 0.5) is 9.18 Å². The van der Waals surface area contributed by atoms with Gasteiger partial charge in [-0.25, -0.2) is 9.18 Å². The number of aryl methyl sites for hydroxylation is 2. The summed E-state index contributed by atoms with van der Waals surface area (Å²) in [5.74, 6) is -0.209. The van der Waals surface area contributed by atoms with Gasteiger partial charge in [-0.3, -0.25) is 4.90 Å². The Morgan fingerprint density at radius 2 is 1.72 bits per heavy atom. The Balaban J connectivity index is 1.23. The van der Waals surface area contributed by atoms with Crippen LogP contribution in [-0.2, 0) is 12.8 Å². The highest BCUT2D eigenvalue weighted by Crippen LogP contribution is 2.36. The van der Waals surface area contributed by atoms with E-state index in [0.29, 0.717) is 0 Å². The minimum atomic E-state index is -0.209. The second kappa shape index (κ2) is 9.40. The number of halogens is 1. The van der Waals surface area contributed by atoms with Crippen LogP contribution in [0, 0.1) is 5.82 Å². The van der Waals surface area contributed by atoms with Gasteiger partial charge in [0.25, 0.3) is 0 Å². The fraction of sp³-hybridized carbons (Fsp3) is 0.433. The van der Waals surface area contributed by atoms with E-state index in [4.69, 9.17) is 0 Å². The lowest BCUT2D eigenvalue weighted by Gasteiger charge is -2.28. The van der Waals surface area contributed by atoms with Gasteiger partial charge in [0.2, 0.25) is 0 Å². The third-order valence-electron chi connectivity index (χ3n) is 8.20. The van der Waals surface area contributed by atoms with Crippen molar-refractivity contribution in [1.29, 1.82) is 0 Å². The van der Waals surface area contributed by atoms with Crippen LogP contribution in [0.5, 0.6) is 0 Å². The molecule has 3 aliphatic rings. The van der Waals surface area contributed by atoms with E-state index < -0.39 is 0 Å². The second-order valence-electron chi connectivity index (χ2n) is 10.7. The van der Waals surface area contributed by atoms with E-state index in [1.54, 1.807) is 0 Å². The van der Waals surface area contributed by atoms with Gasteiger partial charge in [-0.1, -0.05) is 6.08 Å². The van der Waals surface area contributed by atoms with E-state index in [2.05, 4.69) is 47.7 Å². The fourth-order valence-corrected chi connectivity index (χ4v) is 6.07. The molecule has 6 heteroatoms. The van der Waals surface area contributed by atoms with Crippen molar-refractivity contribution in [3.8, 4) is 5.69 Å². The summed E-state index contributed by atoms with van der Waals surface area (Å²) >= 11 is 0. The maximum Gasteiger partial charge on any atom is 0.320 e. The number of nitrogens with zero attached hydrogens (tertiary/aromatic N) is 4. The highest BCUT2D eigenvalue weighted by Gasteiger charge is 2.30. The van der Waals surface area contributed by atoms with Crippen molar-refractivity contribution in [1.82, 2.24) is 19.3 Å². The first-order valence-corrected chi connectivity index (χ1v) is 13.4. The standard InChI is InChI=1S/C30H35FN4O/c1-21(2)34-17-16-33(30(34)36)15-14-32-12-10-22(11-13-32)28-20-35(26-8-6-25(31)7-9-26)29-19-24-5-3-4-23(24)18-27(28)29/h6-10,18-21H,3-5,11-17H2,1-2H3. The number of carbonyl (C=O) groups excluding carboxylic acids is 1. The summed E-state index contributed by atoms with van der Waals surface area (Å²) in [4.78, 5) is 19.0. The van der Waals surface area contributed by atoms with E-state index in [-0.39, 0.29) is 17.9 Å². The molecule has 0 bridgehead atoms. The summed E-state index contributed by atoms with van der Waals surface area (Å²) < 4.78 is 15.9. The van der Waals surface area contributed by atoms with E-state index in [1.165, 1.54) is 51.7 Å². The topological polar surface area (TPSA) is 31.7 Å². The maximum absolute atomic E-state index is 13.6. The Labute approximate surface area is 212 Å². The summed E-state index contributed by atoms with van der Waals surface area (Å²) in [7, 11) is 0. The molecule has 0 N–H and O–H groups in total. The highest BCUT2D eigenvalue weighted by atomic mass is 19.1. The number of hydrogen-bond acceptors (Lipinski definition) is 2. The fourth-order valence-electron chi connectivity index (χ4n) is 6.07. The van der Waals surface area contributed by atoms with Crippen LogP contribution in [0.3, 0.4) is 0 Å². The first-order valence-electron chi connectivity index (χ1n) is 13.4. The number of benzene rings is 2. The van der Waals surface area contributed by atoms with Crippen LogP contribution in [0.15, 0.2) is 48.7 Å². The first-order chi connectivity index (χ1) is 17.5. The molecule has 2 aliphatic heterocycles. The van der Waals surface area contributed by atoms with Crippen molar-refractivity contribution in [2.45, 2.75) is 45.6 Å². The molecular formula is C30H35FN4O. The Morgan fingerprint density at radius 3 is 2.42 bits per heavy atom. The number of rotatable bonds is 6. The van der Waals surface area contributed by atoms with Gasteiger partial charge in [0, 0.05) is 68.1 Å². The summed E-state index contributed by atoms with van der Waals surface area (Å²) in [5, 5.41) is 1.30. The minimum absolute atomic E-state index is 0.180. The lowest BCUT2D eigenvalue weighted by molar-refractivity contribution is 0.176. The minimum Gasteiger partial charge on any atom is -0.322 e. The van der Waals surface area contributed by atoms with E-state index >= 15 is 0 Å². The summed E-state index contributed by atoms with van der Waals surface area (Å²) in [6, 6.07) is 12.0. The molecule has 0 radical (unpaired) electrons. The molecule has 0 saturated carbocycles. The zero-order valence-corrected chi connectivity index (χ0v) is 21.3. The molecule has 36 heavy (non-hydrogen) atoms. The first kappa shape index (κ1) is 23.3. The van der Waals surface area contributed by atoms with Gasteiger partial charge in [-0.15, -0.1) is 0 Å². The van der Waals surface area contributed by atoms with Gasteiger partial charge in [0.15, 0.2) is 0 Å². The maximum atomic E-state index is 13.6. The largest absolute Gasteiger partial charge is 0.322 e. The summed E-state index contributed by atoms with van der Waals surface area (Å²) in [6.07, 6.45) is 9.13. The quantitative estimate of drug-likeness (QED) is 0.461. The molecule has 1 aliphatic carbocycles. The third kappa shape index (κ3) is 4.21. The molecule has 6 rings (SSSR count). The van der Waals surface area contributed by atoms with Crippen LogP contribution in [0.1, 0.15) is 43.4 Å². The molecule has 1 aromatic heterocycles. The molecule has 3 heterocycles. The molecule has 0 unspecified atom stereocenters. The SMILES string of the molecule is CC(C)N1CCN(CCN2CC=C(c3cn(-c4ccc(F)cc4)c4cc5c(cc34)CCC5)CC2)C1=O. The summed E-state index contributed by atoms with van der Waals surface area (Å²) in [5.41, 5.74) is 7.82. The van der Waals surface area contributed by atoms with E-state index in [9.17, 15) is 9.18 Å². The molecule has 2 aromatic carbocycles. The molecule has 3 aromatic rings. The Hall–Kier alpha value is -3.12. The molecule has 5 nitrogen and oxygen atoms in total. The van der Waals surface area contributed by atoms with Crippen molar-refractivity contribution in [2.24, 2.45) is 0 Å². The number of urea groups is 1. The van der Waals surface area contributed by atoms with Crippen LogP contribution < -0.4 is 0 Å². The average molecular weight is 487 g/mol. The molecule has 2 amide bonds. The number of fused-ring (bicyclic) bond motifs is 2. The average Bonchev–Trinajstić information content (AvgIpc) is 3.59. The van der Waals surface area contributed by atoms with Crippen molar-refractivity contribution >= 4 is 22.5 Å². The predicted molar refractivity (Wildman–Crippen MR) is 143 cm³/mol. The second-order valence-corrected chi connectivity index (χ2v) is 10.7. The molecule has 0 atom stereocenters. The van der Waals surface area contributed by atoms with Crippen molar-refractivity contribution in [3.05, 3.63) is 71.2 Å². The van der Waals surface area contributed by atoms with Crippen LogP contribution in [0.2, 0.25) is 0 Å². The van der Waals surface area contributed by atoms with Crippen LogP contribution >= 0.6 is 0 Å². The van der Waals surface area contributed by atoms with Gasteiger partial charge < -0.3 is 14.4 Å². The van der Waals surface area contributed by atoms with Gasteiger partial charge in [-0.2, -0.15) is 0 Å². The smallest absolute Gasteiger partial charge is 0.320 e. The zero-order valence-electron chi connectivity index (χ0n) is 21.3. The monoisotopic (exact) mass is 486 g/mol. The van der Waals surface area contributed by atoms with Crippen molar-refractivity contribution < 1.29 is 9.18 Å². The molecule has 1 saturated heterocycles. The predicted octanol–water partition coefficient (Wildman–Crippen LogP) is 5.49. The molecule has 0 spiro atoms. The van der Waals surface area contributed by atoms with E-state index in [0.717, 1.165) is 64.2 Å². The van der Waals surface area contributed by atoms with Gasteiger partial charge in [0.05, 0.1) is 5.52 Å².